The molecule has 1 fully saturated rings. The average molecular weight is 348 g/mol. The minimum absolute atomic E-state index is 0.214. The van der Waals surface area contributed by atoms with Crippen LogP contribution in [0.5, 0.6) is 0 Å². The van der Waals surface area contributed by atoms with E-state index in [-0.39, 0.29) is 6.10 Å². The van der Waals surface area contributed by atoms with Gasteiger partial charge in [-0.1, -0.05) is 27.5 Å². The van der Waals surface area contributed by atoms with Gasteiger partial charge >= 0.3 is 0 Å². The maximum atomic E-state index is 6.16. The Kier molecular flexibility index (Phi) is 5.51. The summed E-state index contributed by atoms with van der Waals surface area (Å²) in [5.74, 6) is 0. The lowest BCUT2D eigenvalue weighted by atomic mass is 10.2. The van der Waals surface area contributed by atoms with Crippen molar-refractivity contribution >= 4 is 33.2 Å². The molecule has 1 N–H and O–H groups in total. The van der Waals surface area contributed by atoms with E-state index in [0.717, 1.165) is 41.4 Å². The van der Waals surface area contributed by atoms with Crippen LogP contribution in [0.25, 0.3) is 0 Å². The number of rotatable bonds is 4. The van der Waals surface area contributed by atoms with Gasteiger partial charge in [0, 0.05) is 30.1 Å². The van der Waals surface area contributed by atoms with Gasteiger partial charge in [0.05, 0.1) is 23.4 Å². The number of nitrogens with zero attached hydrogens (tertiary/aromatic N) is 1. The van der Waals surface area contributed by atoms with Gasteiger partial charge in [-0.2, -0.15) is 0 Å². The summed E-state index contributed by atoms with van der Waals surface area (Å²) in [4.78, 5) is 2.44. The third-order valence-corrected chi connectivity index (χ3v) is 4.17. The molecule has 1 unspecified atom stereocenters. The third-order valence-electron chi connectivity index (χ3n) is 3.35. The fourth-order valence-corrected chi connectivity index (χ4v) is 2.74. The molecule has 1 aromatic rings. The Morgan fingerprint density at radius 2 is 2.32 bits per heavy atom. The first-order valence-corrected chi connectivity index (χ1v) is 7.78. The number of morpholine rings is 1. The zero-order valence-corrected chi connectivity index (χ0v) is 13.7. The van der Waals surface area contributed by atoms with Gasteiger partial charge in [0.25, 0.3) is 0 Å². The Morgan fingerprint density at radius 3 is 3.05 bits per heavy atom. The molecule has 1 aromatic carbocycles. The van der Waals surface area contributed by atoms with Crippen molar-refractivity contribution in [3.63, 3.8) is 0 Å². The van der Waals surface area contributed by atoms with Crippen LogP contribution < -0.4 is 5.32 Å². The monoisotopic (exact) mass is 346 g/mol. The molecule has 1 atom stereocenters. The number of benzene rings is 1. The molecule has 1 aliphatic heterocycles. The summed E-state index contributed by atoms with van der Waals surface area (Å²) in [5, 5.41) is 4.11. The molecule has 5 heteroatoms. The maximum absolute atomic E-state index is 6.16. The highest BCUT2D eigenvalue weighted by Gasteiger charge is 2.22. The number of hydrogen-bond acceptors (Lipinski definition) is 3. The van der Waals surface area contributed by atoms with E-state index in [0.29, 0.717) is 6.04 Å². The second-order valence-electron chi connectivity index (χ2n) is 5.09. The van der Waals surface area contributed by atoms with Crippen LogP contribution >= 0.6 is 27.5 Å². The normalized spacial score (nSPS) is 20.8. The number of nitrogens with one attached hydrogen (secondary N) is 1. The van der Waals surface area contributed by atoms with Crippen LogP contribution in [0, 0.1) is 0 Å². The van der Waals surface area contributed by atoms with Crippen molar-refractivity contribution in [1.29, 1.82) is 0 Å². The summed E-state index contributed by atoms with van der Waals surface area (Å²) in [6.07, 6.45) is 0.214. The van der Waals surface area contributed by atoms with Gasteiger partial charge in [-0.05, 0) is 32.0 Å². The second-order valence-corrected chi connectivity index (χ2v) is 6.41. The maximum Gasteiger partial charge on any atom is 0.0874 e. The van der Waals surface area contributed by atoms with Crippen molar-refractivity contribution in [2.45, 2.75) is 26.0 Å². The summed E-state index contributed by atoms with van der Waals surface area (Å²) < 4.78 is 6.81. The van der Waals surface area contributed by atoms with E-state index in [1.54, 1.807) is 0 Å². The lowest BCUT2D eigenvalue weighted by molar-refractivity contribution is -0.0315. The highest BCUT2D eigenvalue weighted by atomic mass is 79.9. The number of hydrogen-bond donors (Lipinski definition) is 1. The van der Waals surface area contributed by atoms with Gasteiger partial charge in [-0.3, -0.25) is 4.90 Å². The molecule has 0 aromatic heterocycles. The summed E-state index contributed by atoms with van der Waals surface area (Å²) in [7, 11) is 0. The summed E-state index contributed by atoms with van der Waals surface area (Å²) in [5.41, 5.74) is 0.946. The van der Waals surface area contributed by atoms with Crippen LogP contribution in [-0.2, 0) is 4.74 Å². The molecule has 1 heterocycles. The fraction of sp³-hybridized carbons (Fsp3) is 0.571. The molecule has 1 saturated heterocycles. The summed E-state index contributed by atoms with van der Waals surface area (Å²) in [6.45, 7) is 8.01. The highest BCUT2D eigenvalue weighted by molar-refractivity contribution is 9.10. The van der Waals surface area contributed by atoms with Crippen molar-refractivity contribution < 1.29 is 4.74 Å². The quantitative estimate of drug-likeness (QED) is 0.900. The molecular formula is C14H20BrClN2O. The molecule has 0 amide bonds. The van der Waals surface area contributed by atoms with Crippen LogP contribution in [0.4, 0.5) is 5.69 Å². The number of halogens is 2. The molecule has 3 nitrogen and oxygen atoms in total. The Bertz CT molecular complexity index is 428. The van der Waals surface area contributed by atoms with Gasteiger partial charge in [0.2, 0.25) is 0 Å². The summed E-state index contributed by atoms with van der Waals surface area (Å²) in [6, 6.07) is 6.38. The largest absolute Gasteiger partial charge is 0.381 e. The van der Waals surface area contributed by atoms with Gasteiger partial charge in [-0.25, -0.2) is 0 Å². The standard InChI is InChI=1S/C14H20BrClN2O/c1-10(2)18-5-6-19-12(9-18)8-17-14-7-11(15)3-4-13(14)16/h3-4,7,10,12,17H,5-6,8-9H2,1-2H3. The first-order valence-electron chi connectivity index (χ1n) is 6.61. The highest BCUT2D eigenvalue weighted by Crippen LogP contribution is 2.25. The molecular weight excluding hydrogens is 328 g/mol. The zero-order valence-electron chi connectivity index (χ0n) is 11.3. The van der Waals surface area contributed by atoms with Gasteiger partial charge < -0.3 is 10.1 Å². The average Bonchev–Trinajstić information content (AvgIpc) is 2.40. The number of anilines is 1. The smallest absolute Gasteiger partial charge is 0.0874 e. The minimum Gasteiger partial charge on any atom is -0.381 e. The molecule has 106 valence electrons. The van der Waals surface area contributed by atoms with E-state index < -0.39 is 0 Å². The summed E-state index contributed by atoms with van der Waals surface area (Å²) >= 11 is 9.61. The molecule has 1 aliphatic rings. The molecule has 0 bridgehead atoms. The molecule has 0 spiro atoms. The minimum atomic E-state index is 0.214. The first-order chi connectivity index (χ1) is 9.06. The van der Waals surface area contributed by atoms with Crippen molar-refractivity contribution in [2.75, 3.05) is 31.6 Å². The van der Waals surface area contributed by atoms with Crippen LogP contribution in [0.2, 0.25) is 5.02 Å². The van der Waals surface area contributed by atoms with Crippen LogP contribution in [0.1, 0.15) is 13.8 Å². The van der Waals surface area contributed by atoms with Gasteiger partial charge in [0.15, 0.2) is 0 Å². The van der Waals surface area contributed by atoms with Crippen LogP contribution in [-0.4, -0.2) is 43.3 Å². The molecule has 0 radical (unpaired) electrons. The lowest BCUT2D eigenvalue weighted by Crippen LogP contribution is -2.48. The van der Waals surface area contributed by atoms with Crippen molar-refractivity contribution in [1.82, 2.24) is 4.90 Å². The van der Waals surface area contributed by atoms with E-state index in [2.05, 4.69) is 40.0 Å². The fourth-order valence-electron chi connectivity index (χ4n) is 2.19. The van der Waals surface area contributed by atoms with Crippen molar-refractivity contribution in [2.24, 2.45) is 0 Å². The van der Waals surface area contributed by atoms with E-state index in [9.17, 15) is 0 Å². The first kappa shape index (κ1) is 15.1. The predicted molar refractivity (Wildman–Crippen MR) is 84.1 cm³/mol. The number of ether oxygens (including phenoxy) is 1. The topological polar surface area (TPSA) is 24.5 Å². The molecule has 0 aliphatic carbocycles. The van der Waals surface area contributed by atoms with E-state index in [1.165, 1.54) is 0 Å². The van der Waals surface area contributed by atoms with E-state index >= 15 is 0 Å². The molecule has 2 rings (SSSR count). The van der Waals surface area contributed by atoms with Gasteiger partial charge in [0.1, 0.15) is 0 Å². The van der Waals surface area contributed by atoms with Crippen LogP contribution in [0.15, 0.2) is 22.7 Å². The van der Waals surface area contributed by atoms with Crippen LogP contribution in [0.3, 0.4) is 0 Å². The Labute approximate surface area is 128 Å². The predicted octanol–water partition coefficient (Wildman–Crippen LogP) is 3.62. The second kappa shape index (κ2) is 6.93. The van der Waals surface area contributed by atoms with Crippen molar-refractivity contribution in [3.8, 4) is 0 Å². The SMILES string of the molecule is CC(C)N1CCOC(CNc2cc(Br)ccc2Cl)C1. The molecule has 0 saturated carbocycles. The zero-order chi connectivity index (χ0) is 13.8. The third kappa shape index (κ3) is 4.35. The van der Waals surface area contributed by atoms with Crippen molar-refractivity contribution in [3.05, 3.63) is 27.7 Å². The molecule has 19 heavy (non-hydrogen) atoms. The van der Waals surface area contributed by atoms with Gasteiger partial charge in [-0.15, -0.1) is 0 Å². The van der Waals surface area contributed by atoms with E-state index in [1.807, 2.05) is 18.2 Å². The Morgan fingerprint density at radius 1 is 1.53 bits per heavy atom. The Balaban J connectivity index is 1.89. The Hall–Kier alpha value is -0.290. The van der Waals surface area contributed by atoms with E-state index in [4.69, 9.17) is 16.3 Å². The lowest BCUT2D eigenvalue weighted by Gasteiger charge is -2.35.